The van der Waals surface area contributed by atoms with Crippen LogP contribution in [0.5, 0.6) is 0 Å². The number of benzene rings is 3. The number of halogens is 1. The maximum Gasteiger partial charge on any atom is 0.438 e. The standard InChI is InChI=1S/C48H53FN10O7S/c1-26-20-35(67(63,64)54(8)9)11-13-37(26)59-46(62)56(25-50-59)42-40-30(5)55(16-14-36(40)52-58(42)34-18-27(2)41(49)28(3)19-34)43(60)39-22-33-21-31(32-15-17-65-47(6,7)24-32)10-12-38(33)57(39)48(23-29(48)4)44-51-45(61)66-53-44/h10-13,18-22,25,29-30,32H,14-17,23-24H2,1-9H3,(H,51,53,61)/t29-,30-,32-,48-/m0/s1. The highest BCUT2D eigenvalue weighted by atomic mass is 32.2. The molecule has 4 atom stereocenters. The quantitative estimate of drug-likeness (QED) is 0.170. The van der Waals surface area contributed by atoms with E-state index >= 15 is 9.18 Å². The second kappa shape index (κ2) is 15.6. The van der Waals surface area contributed by atoms with Gasteiger partial charge < -0.3 is 14.2 Å². The molecule has 0 unspecified atom stereocenters. The first kappa shape index (κ1) is 44.4. The van der Waals surface area contributed by atoms with E-state index in [1.807, 2.05) is 17.6 Å². The molecule has 1 aliphatic carbocycles. The highest BCUT2D eigenvalue weighted by Crippen LogP contribution is 2.56. The number of fused-ring (bicyclic) bond motifs is 2. The van der Waals surface area contributed by atoms with Crippen LogP contribution < -0.4 is 11.4 Å². The Hall–Kier alpha value is -6.44. The molecule has 350 valence electrons. The largest absolute Gasteiger partial charge is 0.438 e. The zero-order valence-electron chi connectivity index (χ0n) is 38.9. The molecular formula is C48H53FN10O7S. The average Bonchev–Trinajstić information content (AvgIpc) is 3.77. The van der Waals surface area contributed by atoms with E-state index in [1.165, 1.54) is 41.8 Å². The number of aromatic nitrogens is 8. The summed E-state index contributed by atoms with van der Waals surface area (Å²) in [6, 6.07) is 15.4. The van der Waals surface area contributed by atoms with Crippen molar-refractivity contribution in [2.24, 2.45) is 5.92 Å². The van der Waals surface area contributed by atoms with E-state index < -0.39 is 33.0 Å². The zero-order valence-corrected chi connectivity index (χ0v) is 39.7. The van der Waals surface area contributed by atoms with Gasteiger partial charge in [0.2, 0.25) is 10.0 Å². The lowest BCUT2D eigenvalue weighted by Crippen LogP contribution is -2.41. The number of ether oxygens (including phenoxy) is 1. The predicted octanol–water partition coefficient (Wildman–Crippen LogP) is 6.37. The number of amides is 1. The molecule has 6 heterocycles. The van der Waals surface area contributed by atoms with E-state index in [2.05, 4.69) is 54.2 Å². The Morgan fingerprint density at radius 3 is 2.33 bits per heavy atom. The summed E-state index contributed by atoms with van der Waals surface area (Å²) in [6.07, 6.45) is 4.03. The molecule has 1 saturated heterocycles. The lowest BCUT2D eigenvalue weighted by atomic mass is 9.83. The maximum atomic E-state index is 15.6. The number of aromatic amines is 1. The first-order valence-electron chi connectivity index (χ1n) is 22.5. The van der Waals surface area contributed by atoms with Crippen molar-refractivity contribution in [3.63, 3.8) is 0 Å². The van der Waals surface area contributed by atoms with E-state index in [-0.39, 0.29) is 40.6 Å². The Kier molecular flexibility index (Phi) is 10.3. The van der Waals surface area contributed by atoms with Gasteiger partial charge in [0.15, 0.2) is 11.6 Å². The molecular weight excluding hydrogens is 880 g/mol. The molecule has 10 rings (SSSR count). The summed E-state index contributed by atoms with van der Waals surface area (Å²) in [5.41, 5.74) is 4.07. The van der Waals surface area contributed by atoms with Gasteiger partial charge in [-0.25, -0.2) is 36.0 Å². The van der Waals surface area contributed by atoms with Crippen molar-refractivity contribution in [1.29, 1.82) is 0 Å². The van der Waals surface area contributed by atoms with Crippen LogP contribution in [0.15, 0.2) is 79.9 Å². The van der Waals surface area contributed by atoms with Crippen molar-refractivity contribution in [3.8, 4) is 17.2 Å². The Balaban J connectivity index is 1.11. The summed E-state index contributed by atoms with van der Waals surface area (Å²) in [5, 5.41) is 14.6. The molecule has 0 radical (unpaired) electrons. The van der Waals surface area contributed by atoms with E-state index in [4.69, 9.17) is 14.4 Å². The molecule has 7 aromatic rings. The number of aryl methyl sites for hydroxylation is 3. The molecule has 1 N–H and O–H groups in total. The van der Waals surface area contributed by atoms with Gasteiger partial charge in [-0.1, -0.05) is 18.1 Å². The van der Waals surface area contributed by atoms with Gasteiger partial charge in [-0.15, -0.1) is 0 Å². The molecule has 0 spiro atoms. The molecule has 19 heteroatoms. The fourth-order valence-electron chi connectivity index (χ4n) is 10.6. The minimum Gasteiger partial charge on any atom is -0.376 e. The monoisotopic (exact) mass is 932 g/mol. The molecule has 3 aromatic carbocycles. The molecule has 0 bridgehead atoms. The summed E-state index contributed by atoms with van der Waals surface area (Å²) in [4.78, 5) is 47.4. The summed E-state index contributed by atoms with van der Waals surface area (Å²) in [6.45, 7) is 14.1. The van der Waals surface area contributed by atoms with Crippen molar-refractivity contribution < 1.29 is 26.9 Å². The smallest absolute Gasteiger partial charge is 0.376 e. The number of hydrogen-bond donors (Lipinski definition) is 1. The average molecular weight is 933 g/mol. The Labute approximate surface area is 385 Å². The van der Waals surface area contributed by atoms with Crippen molar-refractivity contribution in [2.75, 3.05) is 27.2 Å². The molecule has 1 saturated carbocycles. The fraction of sp³-hybridized carbons (Fsp3) is 0.417. The Bertz CT molecular complexity index is 3390. The predicted molar refractivity (Wildman–Crippen MR) is 246 cm³/mol. The number of rotatable bonds is 9. The van der Waals surface area contributed by atoms with Crippen LogP contribution in [0.25, 0.3) is 28.1 Å². The third-order valence-corrected chi connectivity index (χ3v) is 16.0. The number of H-pyrrole nitrogens is 1. The maximum absolute atomic E-state index is 15.6. The van der Waals surface area contributed by atoms with Crippen LogP contribution >= 0.6 is 0 Å². The topological polar surface area (TPSA) is 188 Å². The van der Waals surface area contributed by atoms with Crippen molar-refractivity contribution in [1.82, 2.24) is 48.0 Å². The Morgan fingerprint density at radius 2 is 1.69 bits per heavy atom. The van der Waals surface area contributed by atoms with Gasteiger partial charge in [-0.05, 0) is 143 Å². The van der Waals surface area contributed by atoms with E-state index in [1.54, 1.807) is 48.6 Å². The van der Waals surface area contributed by atoms with Crippen LogP contribution in [0.3, 0.4) is 0 Å². The van der Waals surface area contributed by atoms with Gasteiger partial charge in [0.25, 0.3) is 5.91 Å². The first-order chi connectivity index (χ1) is 31.7. The third-order valence-electron chi connectivity index (χ3n) is 14.2. The first-order valence-corrected chi connectivity index (χ1v) is 23.9. The Morgan fingerprint density at radius 1 is 0.955 bits per heavy atom. The van der Waals surface area contributed by atoms with Gasteiger partial charge in [-0.3, -0.25) is 14.3 Å². The minimum absolute atomic E-state index is 0.00940. The van der Waals surface area contributed by atoms with Crippen LogP contribution in [0.1, 0.15) is 109 Å². The highest BCUT2D eigenvalue weighted by Gasteiger charge is 2.59. The molecule has 17 nitrogen and oxygen atoms in total. The fourth-order valence-corrected chi connectivity index (χ4v) is 11.5. The number of carbonyl (C=O) groups excluding carboxylic acids is 1. The van der Waals surface area contributed by atoms with Crippen molar-refractivity contribution >= 4 is 26.8 Å². The number of nitrogens with one attached hydrogen (secondary N) is 1. The highest BCUT2D eigenvalue weighted by molar-refractivity contribution is 7.89. The summed E-state index contributed by atoms with van der Waals surface area (Å²) >= 11 is 0. The van der Waals surface area contributed by atoms with Crippen molar-refractivity contribution in [3.05, 3.63) is 133 Å². The molecule has 67 heavy (non-hydrogen) atoms. The van der Waals surface area contributed by atoms with E-state index in [9.17, 15) is 18.0 Å². The van der Waals surface area contributed by atoms with E-state index in [0.717, 1.165) is 33.6 Å². The van der Waals surface area contributed by atoms with Crippen LogP contribution in [-0.2, 0) is 26.7 Å². The van der Waals surface area contributed by atoms with Crippen LogP contribution in [0, 0.1) is 32.5 Å². The second-order valence-electron chi connectivity index (χ2n) is 19.3. The normalized spacial score (nSPS) is 21.6. The lowest BCUT2D eigenvalue weighted by Gasteiger charge is -2.35. The summed E-state index contributed by atoms with van der Waals surface area (Å²) in [5.74, 6) is -0.396. The molecule has 3 aliphatic rings. The van der Waals surface area contributed by atoms with Gasteiger partial charge in [0.05, 0.1) is 33.6 Å². The molecule has 4 aromatic heterocycles. The number of hydrogen-bond acceptors (Lipinski definition) is 10. The second-order valence-corrected chi connectivity index (χ2v) is 21.5. The SMILES string of the molecule is Cc1cc(S(=O)(=O)N(C)C)ccc1-n1ncn(-c2c3c(nn2-c2cc(C)c(F)c(C)c2)CCN(C(=O)c2cc4cc([C@H]5CCOC(C)(C)C5)ccc4n2[C@@]2(c4noc(=O)[nH]4)C[C@@H]2C)[C@H]3C)c1=O. The molecule has 1 amide bonds. The number of nitrogens with zero attached hydrogens (tertiary/aromatic N) is 9. The lowest BCUT2D eigenvalue weighted by molar-refractivity contribution is -0.0592. The zero-order chi connectivity index (χ0) is 47.6. The summed E-state index contributed by atoms with van der Waals surface area (Å²) in [7, 11) is -0.856. The van der Waals surface area contributed by atoms with Gasteiger partial charge in [-0.2, -0.15) is 14.9 Å². The van der Waals surface area contributed by atoms with Crippen molar-refractivity contribution in [2.45, 2.75) is 102 Å². The molecule has 2 aliphatic heterocycles. The van der Waals surface area contributed by atoms with Gasteiger partial charge in [0, 0.05) is 50.1 Å². The third kappa shape index (κ3) is 7.03. The van der Waals surface area contributed by atoms with Crippen LogP contribution in [-0.4, -0.2) is 95.2 Å². The van der Waals surface area contributed by atoms with Gasteiger partial charge >= 0.3 is 11.4 Å². The molecule has 2 fully saturated rings. The van der Waals surface area contributed by atoms with Crippen LogP contribution in [0.4, 0.5) is 4.39 Å². The number of sulfonamides is 1. The minimum atomic E-state index is -3.75. The summed E-state index contributed by atoms with van der Waals surface area (Å²) < 4.78 is 59.5. The van der Waals surface area contributed by atoms with E-state index in [0.29, 0.717) is 76.1 Å². The van der Waals surface area contributed by atoms with Gasteiger partial charge in [0.1, 0.15) is 23.4 Å². The van der Waals surface area contributed by atoms with Crippen LogP contribution in [0.2, 0.25) is 0 Å². The number of carbonyl (C=O) groups is 1.